The van der Waals surface area contributed by atoms with Crippen molar-refractivity contribution >= 4 is 123 Å². The Morgan fingerprint density at radius 1 is 0.274 bits per heavy atom. The molecule has 1 nitrogen and oxygen atoms in total. The monoisotopic (exact) mass is 823 g/mol. The van der Waals surface area contributed by atoms with Gasteiger partial charge in [0.2, 0.25) is 0 Å². The predicted octanol–water partition coefficient (Wildman–Crippen LogP) is 17.7. The molecule has 1 atom stereocenters. The van der Waals surface area contributed by atoms with E-state index in [9.17, 15) is 0 Å². The van der Waals surface area contributed by atoms with Crippen molar-refractivity contribution in [2.75, 3.05) is 4.90 Å². The van der Waals surface area contributed by atoms with Gasteiger partial charge in [-0.1, -0.05) is 152 Å². The van der Waals surface area contributed by atoms with Gasteiger partial charge in [-0.05, 0) is 121 Å². The Hall–Kier alpha value is -7.30. The van der Waals surface area contributed by atoms with Crippen molar-refractivity contribution in [2.24, 2.45) is 0 Å². The second kappa shape index (κ2) is 14.1. The van der Waals surface area contributed by atoms with Crippen LogP contribution in [0.3, 0.4) is 0 Å². The Kier molecular flexibility index (Phi) is 8.09. The van der Waals surface area contributed by atoms with Crippen molar-refractivity contribution < 1.29 is 0 Å². The zero-order valence-corrected chi connectivity index (χ0v) is 35.3. The lowest BCUT2D eigenvalue weighted by atomic mass is 9.83. The lowest BCUT2D eigenvalue weighted by molar-refractivity contribution is 0.983. The van der Waals surface area contributed by atoms with E-state index < -0.39 is 0 Å². The lowest BCUT2D eigenvalue weighted by Crippen LogP contribution is -2.12. The summed E-state index contributed by atoms with van der Waals surface area (Å²) in [6, 6.07) is 81.6. The van der Waals surface area contributed by atoms with Crippen LogP contribution < -0.4 is 4.90 Å². The van der Waals surface area contributed by atoms with Crippen LogP contribution >= 0.6 is 22.7 Å². The van der Waals surface area contributed by atoms with Crippen LogP contribution in [0.5, 0.6) is 0 Å². The molecule has 0 aliphatic rings. The molecule has 0 aliphatic carbocycles. The molecule has 0 aliphatic heterocycles. The average Bonchev–Trinajstić information content (AvgIpc) is 3.87. The highest BCUT2D eigenvalue weighted by molar-refractivity contribution is 7.26. The summed E-state index contributed by atoms with van der Waals surface area (Å²) >= 11 is 3.78. The average molecular weight is 824 g/mol. The highest BCUT2D eigenvalue weighted by atomic mass is 32.1. The number of rotatable bonds is 6. The summed E-state index contributed by atoms with van der Waals surface area (Å²) in [6.45, 7) is 0. The van der Waals surface area contributed by atoms with E-state index in [1.54, 1.807) is 0 Å². The summed E-state index contributed by atoms with van der Waals surface area (Å²) in [5.74, 6) is -0.0103. The summed E-state index contributed by atoms with van der Waals surface area (Å²) in [7, 11) is 0. The van der Waals surface area contributed by atoms with Crippen LogP contribution in [0.25, 0.3) is 83.4 Å². The number of thiophene rings is 2. The smallest absolute Gasteiger partial charge is 0.0543 e. The maximum atomic E-state index is 2.49. The molecule has 11 aromatic carbocycles. The fraction of sp³-hybridized carbons (Fsp3) is 0.0169. The SMILES string of the molecule is c1ccc(C(c2ccc3c(c2)sc2cc4ccccc4cc23)c2cc(N(c3ccccc3)c3ccc4c(c3)sc3cc5ccccc5cc34)c3ccc4ccccc4c3c2)cc1. The van der Waals surface area contributed by atoms with E-state index in [1.165, 1.54) is 100 Å². The first-order valence-electron chi connectivity index (χ1n) is 21.3. The number of benzene rings is 11. The van der Waals surface area contributed by atoms with E-state index in [0.717, 1.165) is 17.1 Å². The van der Waals surface area contributed by atoms with Crippen LogP contribution in [0, 0.1) is 0 Å². The minimum Gasteiger partial charge on any atom is -0.310 e. The Morgan fingerprint density at radius 3 is 1.48 bits per heavy atom. The van der Waals surface area contributed by atoms with Gasteiger partial charge in [-0.3, -0.25) is 0 Å². The molecule has 0 radical (unpaired) electrons. The van der Waals surface area contributed by atoms with Gasteiger partial charge in [0.15, 0.2) is 0 Å². The molecule has 0 saturated carbocycles. The summed E-state index contributed by atoms with van der Waals surface area (Å²) in [5.41, 5.74) is 7.25. The van der Waals surface area contributed by atoms with E-state index in [2.05, 4.69) is 223 Å². The van der Waals surface area contributed by atoms with Crippen molar-refractivity contribution in [3.63, 3.8) is 0 Å². The van der Waals surface area contributed by atoms with E-state index in [-0.39, 0.29) is 5.92 Å². The Bertz CT molecular complexity index is 3880. The summed E-state index contributed by atoms with van der Waals surface area (Å²) in [5, 5.41) is 15.3. The summed E-state index contributed by atoms with van der Waals surface area (Å²) < 4.78 is 5.24. The molecule has 2 aromatic heterocycles. The van der Waals surface area contributed by atoms with Gasteiger partial charge in [0.25, 0.3) is 0 Å². The largest absolute Gasteiger partial charge is 0.310 e. The van der Waals surface area contributed by atoms with Crippen molar-refractivity contribution in [1.82, 2.24) is 0 Å². The maximum absolute atomic E-state index is 2.49. The van der Waals surface area contributed by atoms with Crippen LogP contribution in [0.1, 0.15) is 22.6 Å². The second-order valence-corrected chi connectivity index (χ2v) is 18.6. The quantitative estimate of drug-likeness (QED) is 0.119. The molecule has 0 fully saturated rings. The van der Waals surface area contributed by atoms with Crippen LogP contribution in [0.2, 0.25) is 0 Å². The topological polar surface area (TPSA) is 3.24 Å². The van der Waals surface area contributed by atoms with Gasteiger partial charge < -0.3 is 4.90 Å². The molecule has 0 amide bonds. The molecule has 62 heavy (non-hydrogen) atoms. The zero-order chi connectivity index (χ0) is 40.7. The van der Waals surface area contributed by atoms with Gasteiger partial charge in [0.05, 0.1) is 5.69 Å². The van der Waals surface area contributed by atoms with Gasteiger partial charge in [-0.25, -0.2) is 0 Å². The maximum Gasteiger partial charge on any atom is 0.0543 e. The first kappa shape index (κ1) is 35.5. The predicted molar refractivity (Wildman–Crippen MR) is 271 cm³/mol. The molecular weight excluding hydrogens is 787 g/mol. The summed E-state index contributed by atoms with van der Waals surface area (Å²) in [6.07, 6.45) is 0. The minimum absolute atomic E-state index is 0.0103. The molecule has 0 N–H and O–H groups in total. The third kappa shape index (κ3) is 5.74. The van der Waals surface area contributed by atoms with Crippen LogP contribution in [-0.2, 0) is 0 Å². The molecule has 2 heterocycles. The fourth-order valence-electron chi connectivity index (χ4n) is 9.95. The Balaban J connectivity index is 1.06. The van der Waals surface area contributed by atoms with Crippen molar-refractivity contribution in [2.45, 2.75) is 5.92 Å². The normalized spacial score (nSPS) is 12.5. The molecule has 0 saturated heterocycles. The Labute approximate surface area is 367 Å². The minimum atomic E-state index is -0.0103. The number of fused-ring (bicyclic) bond motifs is 11. The number of nitrogens with zero attached hydrogens (tertiary/aromatic N) is 1. The number of para-hydroxylation sites is 1. The number of hydrogen-bond acceptors (Lipinski definition) is 3. The molecule has 290 valence electrons. The molecule has 1 unspecified atom stereocenters. The third-order valence-electron chi connectivity index (χ3n) is 12.9. The van der Waals surface area contributed by atoms with Crippen LogP contribution in [0.15, 0.2) is 218 Å². The molecule has 0 bridgehead atoms. The van der Waals surface area contributed by atoms with Gasteiger partial charge in [0.1, 0.15) is 0 Å². The molecule has 13 rings (SSSR count). The fourth-order valence-corrected chi connectivity index (χ4v) is 12.3. The highest BCUT2D eigenvalue weighted by Gasteiger charge is 2.24. The van der Waals surface area contributed by atoms with Gasteiger partial charge >= 0.3 is 0 Å². The standard InChI is InChI=1S/C59H37NS2/c1-3-14-38(15-4-1)59(43-24-27-49-52-29-39-16-7-9-18-41(39)33-56(52)61-55(49)35-43)44-31-51-47-22-12-11-13-37(47)23-26-48(51)54(32-44)60(45-20-5-2-6-21-45)46-25-28-50-53-30-40-17-8-10-19-42(40)34-57(53)62-58(50)36-46/h1-36,59H. The highest BCUT2D eigenvalue weighted by Crippen LogP contribution is 2.47. The number of hydrogen-bond donors (Lipinski definition) is 0. The number of anilines is 3. The molecular formula is C59H37NS2. The first-order chi connectivity index (χ1) is 30.7. The second-order valence-electron chi connectivity index (χ2n) is 16.5. The van der Waals surface area contributed by atoms with Gasteiger partial charge in [-0.2, -0.15) is 0 Å². The van der Waals surface area contributed by atoms with Gasteiger partial charge in [-0.15, -0.1) is 22.7 Å². The van der Waals surface area contributed by atoms with Crippen molar-refractivity contribution in [3.8, 4) is 0 Å². The van der Waals surface area contributed by atoms with E-state index in [1.807, 2.05) is 22.7 Å². The Morgan fingerprint density at radius 2 is 0.806 bits per heavy atom. The zero-order valence-electron chi connectivity index (χ0n) is 33.6. The molecule has 3 heteroatoms. The first-order valence-corrected chi connectivity index (χ1v) is 22.9. The van der Waals surface area contributed by atoms with E-state index >= 15 is 0 Å². The van der Waals surface area contributed by atoms with Crippen LogP contribution in [0.4, 0.5) is 17.1 Å². The summed E-state index contributed by atoms with van der Waals surface area (Å²) in [4.78, 5) is 2.49. The van der Waals surface area contributed by atoms with Crippen molar-refractivity contribution in [1.29, 1.82) is 0 Å². The van der Waals surface area contributed by atoms with Gasteiger partial charge in [0, 0.05) is 63.0 Å². The van der Waals surface area contributed by atoms with E-state index in [4.69, 9.17) is 0 Å². The molecule has 0 spiro atoms. The third-order valence-corrected chi connectivity index (χ3v) is 15.1. The van der Waals surface area contributed by atoms with Crippen LogP contribution in [-0.4, -0.2) is 0 Å². The van der Waals surface area contributed by atoms with E-state index in [0.29, 0.717) is 0 Å². The lowest BCUT2D eigenvalue weighted by Gasteiger charge is -2.29. The molecule has 13 aromatic rings. The van der Waals surface area contributed by atoms with Crippen molar-refractivity contribution in [3.05, 3.63) is 235 Å².